The van der Waals surface area contributed by atoms with Crippen LogP contribution in [0.3, 0.4) is 0 Å². The second-order valence-corrected chi connectivity index (χ2v) is 4.43. The molecule has 4 heteroatoms. The van der Waals surface area contributed by atoms with Crippen molar-refractivity contribution in [3.05, 3.63) is 34.9 Å². The number of ether oxygens (including phenoxy) is 1. The number of aromatic nitrogens is 1. The minimum absolute atomic E-state index is 0.268. The van der Waals surface area contributed by atoms with Crippen LogP contribution in [0, 0.1) is 20.8 Å². The number of carbonyl (C=O) groups is 1. The van der Waals surface area contributed by atoms with Gasteiger partial charge >= 0.3 is 0 Å². The van der Waals surface area contributed by atoms with Gasteiger partial charge in [0.05, 0.1) is 6.61 Å². The summed E-state index contributed by atoms with van der Waals surface area (Å²) in [4.78, 5) is 15.3. The molecule has 0 unspecified atom stereocenters. The summed E-state index contributed by atoms with van der Waals surface area (Å²) in [5, 5.41) is 0. The van der Waals surface area contributed by atoms with Gasteiger partial charge in [0.2, 0.25) is 0 Å². The third-order valence-corrected chi connectivity index (χ3v) is 2.94. The van der Waals surface area contributed by atoms with Crippen LogP contribution in [0.1, 0.15) is 34.5 Å². The summed E-state index contributed by atoms with van der Waals surface area (Å²) >= 11 is 0. The molecule has 0 aliphatic rings. The topological polar surface area (TPSA) is 52.3 Å². The van der Waals surface area contributed by atoms with E-state index in [2.05, 4.69) is 4.98 Å². The van der Waals surface area contributed by atoms with Gasteiger partial charge in [0.25, 0.3) is 0 Å². The van der Waals surface area contributed by atoms with Gasteiger partial charge in [-0.2, -0.15) is 0 Å². The van der Waals surface area contributed by atoms with Gasteiger partial charge in [-0.05, 0) is 44.0 Å². The molecule has 0 aliphatic carbocycles. The van der Waals surface area contributed by atoms with Crippen LogP contribution in [0.2, 0.25) is 0 Å². The molecule has 0 atom stereocenters. The maximum Gasteiger partial charge on any atom is 0.195 e. The molecule has 1 aromatic carbocycles. The SMILES string of the molecule is CCOc1cc(C)c(-c2nc(C)oc2C=O)cc1C. The fourth-order valence-electron chi connectivity index (χ4n) is 2.07. The lowest BCUT2D eigenvalue weighted by atomic mass is 10.0. The lowest BCUT2D eigenvalue weighted by molar-refractivity contribution is 0.110. The highest BCUT2D eigenvalue weighted by molar-refractivity contribution is 5.83. The molecule has 4 nitrogen and oxygen atoms in total. The van der Waals surface area contributed by atoms with E-state index in [1.807, 2.05) is 32.9 Å². The number of benzene rings is 1. The summed E-state index contributed by atoms with van der Waals surface area (Å²) in [6, 6.07) is 3.94. The molecule has 0 saturated carbocycles. The van der Waals surface area contributed by atoms with Crippen molar-refractivity contribution in [2.75, 3.05) is 6.61 Å². The number of aryl methyl sites for hydroxylation is 3. The van der Waals surface area contributed by atoms with Crippen molar-refractivity contribution in [1.82, 2.24) is 4.98 Å². The zero-order valence-electron chi connectivity index (χ0n) is 11.6. The Morgan fingerprint density at radius 1 is 1.26 bits per heavy atom. The van der Waals surface area contributed by atoms with Gasteiger partial charge in [-0.1, -0.05) is 0 Å². The molecule has 0 fully saturated rings. The first kappa shape index (κ1) is 13.3. The number of hydrogen-bond acceptors (Lipinski definition) is 4. The van der Waals surface area contributed by atoms with Crippen LogP contribution in [0.25, 0.3) is 11.3 Å². The normalized spacial score (nSPS) is 10.5. The summed E-state index contributed by atoms with van der Waals surface area (Å²) in [6.45, 7) is 8.25. The Hall–Kier alpha value is -2.10. The van der Waals surface area contributed by atoms with Gasteiger partial charge in [0, 0.05) is 12.5 Å². The van der Waals surface area contributed by atoms with E-state index in [1.165, 1.54) is 0 Å². The average molecular weight is 259 g/mol. The zero-order chi connectivity index (χ0) is 14.0. The van der Waals surface area contributed by atoms with Crippen molar-refractivity contribution in [2.24, 2.45) is 0 Å². The number of hydrogen-bond donors (Lipinski definition) is 0. The summed E-state index contributed by atoms with van der Waals surface area (Å²) < 4.78 is 10.8. The van der Waals surface area contributed by atoms with E-state index < -0.39 is 0 Å². The van der Waals surface area contributed by atoms with Gasteiger partial charge in [0.15, 0.2) is 17.9 Å². The average Bonchev–Trinajstić information content (AvgIpc) is 2.75. The van der Waals surface area contributed by atoms with Crippen LogP contribution < -0.4 is 4.74 Å². The highest BCUT2D eigenvalue weighted by Gasteiger charge is 2.16. The number of rotatable bonds is 4. The largest absolute Gasteiger partial charge is 0.494 e. The molecule has 2 rings (SSSR count). The smallest absolute Gasteiger partial charge is 0.195 e. The minimum Gasteiger partial charge on any atom is -0.494 e. The van der Waals surface area contributed by atoms with Crippen LogP contribution in [0.5, 0.6) is 5.75 Å². The van der Waals surface area contributed by atoms with Crippen molar-refractivity contribution >= 4 is 6.29 Å². The highest BCUT2D eigenvalue weighted by Crippen LogP contribution is 2.31. The Bertz CT molecular complexity index is 614. The molecule has 0 saturated heterocycles. The third kappa shape index (κ3) is 2.52. The molecular formula is C15H17NO3. The molecule has 2 aromatic rings. The predicted molar refractivity (Wildman–Crippen MR) is 72.7 cm³/mol. The molecule has 0 radical (unpaired) electrons. The van der Waals surface area contributed by atoms with Crippen molar-refractivity contribution in [3.8, 4) is 17.0 Å². The van der Waals surface area contributed by atoms with E-state index in [4.69, 9.17) is 9.15 Å². The first-order valence-corrected chi connectivity index (χ1v) is 6.23. The van der Waals surface area contributed by atoms with Gasteiger partial charge in [-0.25, -0.2) is 4.98 Å². The van der Waals surface area contributed by atoms with Crippen molar-refractivity contribution in [3.63, 3.8) is 0 Å². The van der Waals surface area contributed by atoms with E-state index in [0.717, 1.165) is 22.4 Å². The molecule has 0 bridgehead atoms. The van der Waals surface area contributed by atoms with E-state index in [1.54, 1.807) is 6.92 Å². The number of nitrogens with zero attached hydrogens (tertiary/aromatic N) is 1. The molecule has 0 aliphatic heterocycles. The summed E-state index contributed by atoms with van der Waals surface area (Å²) in [7, 11) is 0. The molecule has 19 heavy (non-hydrogen) atoms. The maximum absolute atomic E-state index is 11.0. The Morgan fingerprint density at radius 3 is 2.63 bits per heavy atom. The summed E-state index contributed by atoms with van der Waals surface area (Å²) in [5.41, 5.74) is 3.52. The lowest BCUT2D eigenvalue weighted by Crippen LogP contribution is -1.97. The van der Waals surface area contributed by atoms with Crippen LogP contribution >= 0.6 is 0 Å². The third-order valence-electron chi connectivity index (χ3n) is 2.94. The lowest BCUT2D eigenvalue weighted by Gasteiger charge is -2.11. The molecule has 0 amide bonds. The Labute approximate surface area is 112 Å². The quantitative estimate of drug-likeness (QED) is 0.789. The Morgan fingerprint density at radius 2 is 2.00 bits per heavy atom. The Balaban J connectivity index is 2.56. The van der Waals surface area contributed by atoms with Gasteiger partial charge in [-0.3, -0.25) is 4.79 Å². The monoisotopic (exact) mass is 259 g/mol. The van der Waals surface area contributed by atoms with Gasteiger partial charge < -0.3 is 9.15 Å². The van der Waals surface area contributed by atoms with Crippen molar-refractivity contribution in [1.29, 1.82) is 0 Å². The second-order valence-electron chi connectivity index (χ2n) is 4.43. The first-order valence-electron chi connectivity index (χ1n) is 6.23. The zero-order valence-corrected chi connectivity index (χ0v) is 11.6. The standard InChI is InChI=1S/C15H17NO3/c1-5-18-13-7-9(2)12(6-10(13)3)15-14(8-17)19-11(4)16-15/h6-8H,5H2,1-4H3. The van der Waals surface area contributed by atoms with Crippen molar-refractivity contribution < 1.29 is 13.9 Å². The van der Waals surface area contributed by atoms with Gasteiger partial charge in [0.1, 0.15) is 11.4 Å². The summed E-state index contributed by atoms with van der Waals surface area (Å²) in [5.74, 6) is 1.61. The second kappa shape index (κ2) is 5.26. The molecule has 100 valence electrons. The number of carbonyl (C=O) groups excluding carboxylic acids is 1. The molecule has 0 spiro atoms. The molecular weight excluding hydrogens is 242 g/mol. The van der Waals surface area contributed by atoms with E-state index in [9.17, 15) is 4.79 Å². The van der Waals surface area contributed by atoms with Crippen LogP contribution in [0.15, 0.2) is 16.5 Å². The first-order chi connectivity index (χ1) is 9.06. The maximum atomic E-state index is 11.0. The van der Waals surface area contributed by atoms with Crippen LogP contribution in [-0.2, 0) is 0 Å². The predicted octanol–water partition coefficient (Wildman–Crippen LogP) is 3.48. The molecule has 1 heterocycles. The highest BCUT2D eigenvalue weighted by atomic mass is 16.5. The van der Waals surface area contributed by atoms with Crippen molar-refractivity contribution in [2.45, 2.75) is 27.7 Å². The van der Waals surface area contributed by atoms with Crippen LogP contribution in [-0.4, -0.2) is 17.9 Å². The van der Waals surface area contributed by atoms with E-state index in [-0.39, 0.29) is 5.76 Å². The van der Waals surface area contributed by atoms with Gasteiger partial charge in [-0.15, -0.1) is 0 Å². The fraction of sp³-hybridized carbons (Fsp3) is 0.333. The fourth-order valence-corrected chi connectivity index (χ4v) is 2.07. The molecule has 0 N–H and O–H groups in total. The summed E-state index contributed by atoms with van der Waals surface area (Å²) in [6.07, 6.45) is 0.695. The van der Waals surface area contributed by atoms with E-state index in [0.29, 0.717) is 24.5 Å². The Kier molecular flexibility index (Phi) is 3.69. The molecule has 1 aromatic heterocycles. The number of oxazole rings is 1. The van der Waals surface area contributed by atoms with Crippen LogP contribution in [0.4, 0.5) is 0 Å². The number of aldehydes is 1. The minimum atomic E-state index is 0.268. The van der Waals surface area contributed by atoms with E-state index >= 15 is 0 Å².